The quantitative estimate of drug-likeness (QED) is 0.0501. The third-order valence-corrected chi connectivity index (χ3v) is 10.7. The van der Waals surface area contributed by atoms with Crippen LogP contribution >= 0.6 is 0 Å². The summed E-state index contributed by atoms with van der Waals surface area (Å²) < 4.78 is 10.7. The van der Waals surface area contributed by atoms with Crippen molar-refractivity contribution in [1.29, 1.82) is 0 Å². The molecule has 304 valence electrons. The van der Waals surface area contributed by atoms with Gasteiger partial charge in [0.1, 0.15) is 6.61 Å². The molecule has 0 aromatic heterocycles. The van der Waals surface area contributed by atoms with Crippen LogP contribution in [0.2, 0.25) is 0 Å². The van der Waals surface area contributed by atoms with Crippen LogP contribution in [0, 0.1) is 0 Å². The minimum absolute atomic E-state index is 0.0564. The second-order valence-electron chi connectivity index (χ2n) is 15.9. The van der Waals surface area contributed by atoms with Gasteiger partial charge in [-0.15, -0.1) is 0 Å². The Hall–Kier alpha value is -1.10. The molecule has 0 fully saturated rings. The van der Waals surface area contributed by atoms with Crippen molar-refractivity contribution in [3.8, 4) is 0 Å². The van der Waals surface area contributed by atoms with Gasteiger partial charge in [0.05, 0.1) is 6.61 Å². The first-order valence-corrected chi connectivity index (χ1v) is 23.1. The SMILES string of the molecule is CCCCCCCCCCCCCCCCCCCCCCCCC(=O)OC(CO)COC(=O)CCCCCCCCCCCCCCCCC. The van der Waals surface area contributed by atoms with Gasteiger partial charge in [-0.1, -0.05) is 239 Å². The normalized spacial score (nSPS) is 12.0. The standard InChI is InChI=1S/C46H90O5/c1-3-5-7-9-11-13-15-17-19-20-21-22-23-24-25-27-29-31-33-35-37-39-41-46(49)51-44(42-47)43-50-45(48)40-38-36-34-32-30-28-26-18-16-14-12-10-8-6-4-2/h44,47H,3-43H2,1-2H3. The fraction of sp³-hybridized carbons (Fsp3) is 0.957. The molecule has 0 saturated heterocycles. The van der Waals surface area contributed by atoms with Crippen molar-refractivity contribution in [2.24, 2.45) is 0 Å². The number of aliphatic hydroxyl groups excluding tert-OH is 1. The van der Waals surface area contributed by atoms with Gasteiger partial charge in [0.15, 0.2) is 6.10 Å². The molecule has 0 radical (unpaired) electrons. The van der Waals surface area contributed by atoms with Crippen LogP contribution in [0.1, 0.15) is 264 Å². The number of aliphatic hydroxyl groups is 1. The van der Waals surface area contributed by atoms with E-state index in [1.54, 1.807) is 0 Å². The van der Waals surface area contributed by atoms with Crippen molar-refractivity contribution in [2.75, 3.05) is 13.2 Å². The molecule has 0 aliphatic rings. The van der Waals surface area contributed by atoms with Crippen molar-refractivity contribution < 1.29 is 24.2 Å². The third-order valence-electron chi connectivity index (χ3n) is 10.7. The largest absolute Gasteiger partial charge is 0.462 e. The van der Waals surface area contributed by atoms with Gasteiger partial charge in [0.2, 0.25) is 0 Å². The lowest BCUT2D eigenvalue weighted by Gasteiger charge is -2.15. The lowest BCUT2D eigenvalue weighted by atomic mass is 10.0. The molecule has 0 aliphatic carbocycles. The zero-order valence-electron chi connectivity index (χ0n) is 34.6. The Balaban J connectivity index is 3.44. The first kappa shape index (κ1) is 49.9. The zero-order valence-corrected chi connectivity index (χ0v) is 34.6. The van der Waals surface area contributed by atoms with Crippen LogP contribution in [-0.2, 0) is 19.1 Å². The molecule has 0 rings (SSSR count). The molecule has 0 aliphatic heterocycles. The summed E-state index contributed by atoms with van der Waals surface area (Å²) in [5, 5.41) is 9.59. The summed E-state index contributed by atoms with van der Waals surface area (Å²) in [6.07, 6.45) is 49.0. The Bertz CT molecular complexity index is 695. The Kier molecular flexibility index (Phi) is 42.4. The second kappa shape index (κ2) is 43.3. The van der Waals surface area contributed by atoms with Crippen LogP contribution in [-0.4, -0.2) is 36.4 Å². The number of carbonyl (C=O) groups is 2. The van der Waals surface area contributed by atoms with Crippen LogP contribution in [0.3, 0.4) is 0 Å². The van der Waals surface area contributed by atoms with Gasteiger partial charge in [0.25, 0.3) is 0 Å². The van der Waals surface area contributed by atoms with E-state index in [0.29, 0.717) is 12.8 Å². The van der Waals surface area contributed by atoms with Crippen LogP contribution in [0.4, 0.5) is 0 Å². The maximum absolute atomic E-state index is 12.2. The molecule has 1 unspecified atom stereocenters. The highest BCUT2D eigenvalue weighted by atomic mass is 16.6. The first-order chi connectivity index (χ1) is 25.1. The molecule has 5 nitrogen and oxygen atoms in total. The highest BCUT2D eigenvalue weighted by Gasteiger charge is 2.16. The number of hydrogen-bond acceptors (Lipinski definition) is 5. The number of hydrogen-bond donors (Lipinski definition) is 1. The summed E-state index contributed by atoms with van der Waals surface area (Å²) in [6, 6.07) is 0. The van der Waals surface area contributed by atoms with E-state index in [0.717, 1.165) is 32.1 Å². The van der Waals surface area contributed by atoms with E-state index in [1.807, 2.05) is 0 Å². The summed E-state index contributed by atoms with van der Waals surface area (Å²) in [6.45, 7) is 4.18. The predicted molar refractivity (Wildman–Crippen MR) is 219 cm³/mol. The topological polar surface area (TPSA) is 72.8 Å². The van der Waals surface area contributed by atoms with Crippen LogP contribution in [0.15, 0.2) is 0 Å². The minimum Gasteiger partial charge on any atom is -0.462 e. The number of unbranched alkanes of at least 4 members (excludes halogenated alkanes) is 35. The number of esters is 2. The Morgan fingerprint density at radius 1 is 0.373 bits per heavy atom. The molecule has 0 amide bonds. The maximum Gasteiger partial charge on any atom is 0.306 e. The molecular weight excluding hydrogens is 633 g/mol. The van der Waals surface area contributed by atoms with Crippen LogP contribution in [0.5, 0.6) is 0 Å². The predicted octanol–water partition coefficient (Wildman–Crippen LogP) is 14.7. The molecule has 0 aromatic carbocycles. The second-order valence-corrected chi connectivity index (χ2v) is 15.9. The van der Waals surface area contributed by atoms with E-state index < -0.39 is 6.10 Å². The van der Waals surface area contributed by atoms with Crippen molar-refractivity contribution in [3.63, 3.8) is 0 Å². The fourth-order valence-electron chi connectivity index (χ4n) is 7.15. The highest BCUT2D eigenvalue weighted by Crippen LogP contribution is 2.17. The Morgan fingerprint density at radius 2 is 0.608 bits per heavy atom. The summed E-state index contributed by atoms with van der Waals surface area (Å²) in [5.74, 6) is -0.570. The van der Waals surface area contributed by atoms with Crippen molar-refractivity contribution in [2.45, 2.75) is 270 Å². The van der Waals surface area contributed by atoms with E-state index >= 15 is 0 Å². The van der Waals surface area contributed by atoms with Gasteiger partial charge in [-0.3, -0.25) is 9.59 Å². The van der Waals surface area contributed by atoms with Gasteiger partial charge in [-0.2, -0.15) is 0 Å². The smallest absolute Gasteiger partial charge is 0.306 e. The fourth-order valence-corrected chi connectivity index (χ4v) is 7.15. The Morgan fingerprint density at radius 3 is 0.863 bits per heavy atom. The summed E-state index contributed by atoms with van der Waals surface area (Å²) in [5.41, 5.74) is 0. The molecule has 1 atom stereocenters. The van der Waals surface area contributed by atoms with Crippen molar-refractivity contribution >= 4 is 11.9 Å². The minimum atomic E-state index is -0.762. The lowest BCUT2D eigenvalue weighted by molar-refractivity contribution is -0.161. The van der Waals surface area contributed by atoms with Gasteiger partial charge >= 0.3 is 11.9 Å². The average Bonchev–Trinajstić information content (AvgIpc) is 3.13. The first-order valence-electron chi connectivity index (χ1n) is 23.1. The Labute approximate surface area is 319 Å². The van der Waals surface area contributed by atoms with Crippen LogP contribution in [0.25, 0.3) is 0 Å². The van der Waals surface area contributed by atoms with Gasteiger partial charge in [-0.05, 0) is 12.8 Å². The highest BCUT2D eigenvalue weighted by molar-refractivity contribution is 5.70. The van der Waals surface area contributed by atoms with E-state index in [-0.39, 0.29) is 25.2 Å². The molecule has 1 N–H and O–H groups in total. The molecular formula is C46H90O5. The molecule has 0 aromatic rings. The molecule has 51 heavy (non-hydrogen) atoms. The molecule has 0 spiro atoms. The zero-order chi connectivity index (χ0) is 37.1. The van der Waals surface area contributed by atoms with Gasteiger partial charge in [-0.25, -0.2) is 0 Å². The molecule has 0 saturated carbocycles. The lowest BCUT2D eigenvalue weighted by Crippen LogP contribution is -2.28. The molecule has 5 heteroatoms. The van der Waals surface area contributed by atoms with Crippen molar-refractivity contribution in [1.82, 2.24) is 0 Å². The number of ether oxygens (including phenoxy) is 2. The third kappa shape index (κ3) is 41.5. The number of carbonyl (C=O) groups excluding carboxylic acids is 2. The summed E-state index contributed by atoms with van der Waals surface area (Å²) >= 11 is 0. The average molecular weight is 723 g/mol. The number of rotatable bonds is 43. The van der Waals surface area contributed by atoms with E-state index in [9.17, 15) is 14.7 Å². The van der Waals surface area contributed by atoms with E-state index in [2.05, 4.69) is 13.8 Å². The van der Waals surface area contributed by atoms with E-state index in [4.69, 9.17) is 9.47 Å². The maximum atomic E-state index is 12.2. The van der Waals surface area contributed by atoms with Gasteiger partial charge < -0.3 is 14.6 Å². The monoisotopic (exact) mass is 723 g/mol. The van der Waals surface area contributed by atoms with E-state index in [1.165, 1.54) is 205 Å². The molecule has 0 heterocycles. The van der Waals surface area contributed by atoms with Crippen LogP contribution < -0.4 is 0 Å². The van der Waals surface area contributed by atoms with Gasteiger partial charge in [0, 0.05) is 12.8 Å². The molecule has 0 bridgehead atoms. The summed E-state index contributed by atoms with van der Waals surface area (Å²) in [7, 11) is 0. The van der Waals surface area contributed by atoms with Crippen molar-refractivity contribution in [3.05, 3.63) is 0 Å². The summed E-state index contributed by atoms with van der Waals surface area (Å²) in [4.78, 5) is 24.3.